The van der Waals surface area contributed by atoms with E-state index < -0.39 is 5.41 Å². The third-order valence-corrected chi connectivity index (χ3v) is 14.6. The van der Waals surface area contributed by atoms with E-state index >= 15 is 0 Å². The fourth-order valence-corrected chi connectivity index (χ4v) is 12.4. The van der Waals surface area contributed by atoms with Gasteiger partial charge in [-0.3, -0.25) is 14.5 Å². The fourth-order valence-electron chi connectivity index (χ4n) is 12.4. The van der Waals surface area contributed by atoms with Crippen LogP contribution in [0.1, 0.15) is 79.9 Å². The van der Waals surface area contributed by atoms with Gasteiger partial charge in [0, 0.05) is 82.5 Å². The Labute approximate surface area is 306 Å². The first kappa shape index (κ1) is 34.0. The van der Waals surface area contributed by atoms with Crippen molar-refractivity contribution in [3.05, 3.63) is 64.5 Å². The molecule has 9 heteroatoms. The number of likely N-dealkylation sites (tertiary alicyclic amines) is 1. The standard InChI is InChI=1S/C43H54N4O5/c1-7-24-15-23-20-43(42(49)52-6)39-27(13-14-47(21-23)40(24)43)29-17-30(36(50-4)19-34(29)45-39)31-16-28-25(8-2)22-46(3)35(37(28)41(48)51-5)18-32-26-11-9-10-12-33(26)44-38(31)32/h9-12,17,19,23-25,28,31,35,37,40,44-45H,7-8,13-16,18,20-22H2,1-6H3/t23?,24-,25?,28?,31+,35?,37?,40?,43+/m0/s1. The Hall–Kier alpha value is -3.82. The zero-order valence-electron chi connectivity index (χ0n) is 31.6. The summed E-state index contributed by atoms with van der Waals surface area (Å²) in [7, 11) is 7.06. The van der Waals surface area contributed by atoms with Crippen LogP contribution in [0.15, 0.2) is 36.4 Å². The van der Waals surface area contributed by atoms with Crippen molar-refractivity contribution in [2.75, 3.05) is 48.0 Å². The first-order valence-corrected chi connectivity index (χ1v) is 19.7. The van der Waals surface area contributed by atoms with Crippen LogP contribution in [0, 0.1) is 29.6 Å². The normalized spacial score (nSPS) is 33.8. The number of aromatic nitrogens is 2. The molecule has 0 radical (unpaired) electrons. The number of aromatic amines is 2. The predicted octanol–water partition coefficient (Wildman–Crippen LogP) is 6.57. The maximum atomic E-state index is 14.2. The maximum Gasteiger partial charge on any atom is 0.319 e. The number of benzene rings is 2. The maximum absolute atomic E-state index is 14.2. The first-order valence-electron chi connectivity index (χ1n) is 19.7. The molecule has 4 aromatic rings. The van der Waals surface area contributed by atoms with Crippen molar-refractivity contribution >= 4 is 33.7 Å². The van der Waals surface area contributed by atoms with Gasteiger partial charge in [0.05, 0.1) is 27.2 Å². The average molecular weight is 707 g/mol. The number of hydrogen-bond acceptors (Lipinski definition) is 7. The summed E-state index contributed by atoms with van der Waals surface area (Å²) in [5.41, 5.74) is 7.35. The number of fused-ring (bicyclic) bond motifs is 9. The molecule has 10 atom stereocenters. The number of carbonyl (C=O) groups is 2. The van der Waals surface area contributed by atoms with Crippen LogP contribution in [-0.2, 0) is 37.3 Å². The number of para-hydroxylation sites is 1. The van der Waals surface area contributed by atoms with Gasteiger partial charge in [0.1, 0.15) is 11.2 Å². The van der Waals surface area contributed by atoms with Crippen LogP contribution >= 0.6 is 0 Å². The number of piperidine rings is 3. The lowest BCUT2D eigenvalue weighted by Gasteiger charge is -2.57. The van der Waals surface area contributed by atoms with Gasteiger partial charge in [0.15, 0.2) is 0 Å². The number of rotatable bonds is 6. The smallest absolute Gasteiger partial charge is 0.319 e. The van der Waals surface area contributed by atoms with Crippen LogP contribution < -0.4 is 4.74 Å². The molecule has 4 aliphatic heterocycles. The molecular weight excluding hydrogens is 652 g/mol. The van der Waals surface area contributed by atoms with E-state index in [1.165, 1.54) is 34.0 Å². The molecule has 2 aromatic carbocycles. The number of esters is 2. The van der Waals surface area contributed by atoms with Crippen molar-refractivity contribution in [1.29, 1.82) is 0 Å². The average Bonchev–Trinajstić information content (AvgIpc) is 3.69. The Bertz CT molecular complexity index is 2050. The van der Waals surface area contributed by atoms with Gasteiger partial charge in [-0.1, -0.05) is 44.9 Å². The van der Waals surface area contributed by atoms with Gasteiger partial charge in [0.25, 0.3) is 0 Å². The largest absolute Gasteiger partial charge is 0.496 e. The van der Waals surface area contributed by atoms with E-state index in [9.17, 15) is 9.59 Å². The van der Waals surface area contributed by atoms with Gasteiger partial charge < -0.3 is 29.1 Å². The summed E-state index contributed by atoms with van der Waals surface area (Å²) in [5, 5.41) is 2.39. The van der Waals surface area contributed by atoms with E-state index in [0.29, 0.717) is 17.8 Å². The molecule has 4 fully saturated rings. The van der Waals surface area contributed by atoms with Crippen LogP contribution in [0.4, 0.5) is 0 Å². The molecule has 52 heavy (non-hydrogen) atoms. The van der Waals surface area contributed by atoms with Gasteiger partial charge in [-0.25, -0.2) is 0 Å². The van der Waals surface area contributed by atoms with Crippen molar-refractivity contribution in [1.82, 2.24) is 19.8 Å². The second kappa shape index (κ2) is 12.7. The van der Waals surface area contributed by atoms with E-state index in [0.717, 1.165) is 86.2 Å². The van der Waals surface area contributed by atoms with Crippen molar-refractivity contribution in [2.24, 2.45) is 29.6 Å². The number of methoxy groups -OCH3 is 3. The molecule has 276 valence electrons. The summed E-state index contributed by atoms with van der Waals surface area (Å²) in [6, 6.07) is 13.3. The highest BCUT2D eigenvalue weighted by molar-refractivity contribution is 5.93. The molecule has 2 aromatic heterocycles. The van der Waals surface area contributed by atoms with Crippen LogP contribution in [-0.4, -0.2) is 91.8 Å². The Morgan fingerprint density at radius 2 is 1.73 bits per heavy atom. The second-order valence-electron chi connectivity index (χ2n) is 16.7. The highest BCUT2D eigenvalue weighted by Crippen LogP contribution is 2.56. The summed E-state index contributed by atoms with van der Waals surface area (Å²) in [5.74, 6) is 1.78. The second-order valence-corrected chi connectivity index (χ2v) is 16.7. The summed E-state index contributed by atoms with van der Waals surface area (Å²) >= 11 is 0. The SMILES string of the molecule is CCC1CN(C)C2Cc3c([nH]c4ccccc34)[C@@H](c3cc4c5c([nH]c4cc3OC)[C@]3(C(=O)OC)CC4C[C@H](CC)C3N(CC5)C4)CC1C2C(=O)OC. The molecule has 2 aliphatic carbocycles. The summed E-state index contributed by atoms with van der Waals surface area (Å²) in [6.45, 7) is 7.49. The monoisotopic (exact) mass is 706 g/mol. The lowest BCUT2D eigenvalue weighted by atomic mass is 9.56. The van der Waals surface area contributed by atoms with Gasteiger partial charge in [-0.05, 0) is 86.1 Å². The van der Waals surface area contributed by atoms with Crippen LogP contribution in [0.25, 0.3) is 21.8 Å². The molecule has 6 bridgehead atoms. The molecule has 0 amide bonds. The fraction of sp³-hybridized carbons (Fsp3) is 0.581. The van der Waals surface area contributed by atoms with Crippen molar-refractivity contribution < 1.29 is 23.8 Å². The molecule has 7 unspecified atom stereocenters. The van der Waals surface area contributed by atoms with Crippen molar-refractivity contribution in [3.8, 4) is 5.75 Å². The zero-order valence-corrected chi connectivity index (χ0v) is 31.6. The summed E-state index contributed by atoms with van der Waals surface area (Å²) in [4.78, 5) is 40.9. The van der Waals surface area contributed by atoms with E-state index in [1.807, 2.05) is 0 Å². The number of nitrogens with one attached hydrogen (secondary N) is 2. The van der Waals surface area contributed by atoms with Gasteiger partial charge in [-0.2, -0.15) is 0 Å². The molecule has 6 aliphatic rings. The number of hydrogen-bond donors (Lipinski definition) is 2. The minimum absolute atomic E-state index is 0.0355. The quantitative estimate of drug-likeness (QED) is 0.219. The van der Waals surface area contributed by atoms with Gasteiger partial charge >= 0.3 is 11.9 Å². The lowest BCUT2D eigenvalue weighted by molar-refractivity contribution is -0.162. The summed E-state index contributed by atoms with van der Waals surface area (Å²) < 4.78 is 17.6. The van der Waals surface area contributed by atoms with Crippen molar-refractivity contribution in [3.63, 3.8) is 0 Å². The van der Waals surface area contributed by atoms with E-state index in [1.54, 1.807) is 21.3 Å². The molecule has 0 spiro atoms. The molecule has 3 saturated heterocycles. The molecule has 2 N–H and O–H groups in total. The lowest BCUT2D eigenvalue weighted by Crippen LogP contribution is -2.67. The predicted molar refractivity (Wildman–Crippen MR) is 202 cm³/mol. The molecule has 1 saturated carbocycles. The number of nitrogens with zero attached hydrogens (tertiary/aromatic N) is 2. The zero-order chi connectivity index (χ0) is 36.1. The molecule has 6 heterocycles. The van der Waals surface area contributed by atoms with Gasteiger partial charge in [-0.15, -0.1) is 0 Å². The van der Waals surface area contributed by atoms with E-state index in [2.05, 4.69) is 77.1 Å². The first-order chi connectivity index (χ1) is 25.3. The molecule has 9 nitrogen and oxygen atoms in total. The Balaban J connectivity index is 1.27. The van der Waals surface area contributed by atoms with E-state index in [-0.39, 0.29) is 41.8 Å². The van der Waals surface area contributed by atoms with Crippen molar-refractivity contribution in [2.45, 2.75) is 82.2 Å². The topological polar surface area (TPSA) is 99.9 Å². The third kappa shape index (κ3) is 4.73. The summed E-state index contributed by atoms with van der Waals surface area (Å²) in [6.07, 6.45) is 6.51. The number of ether oxygens (including phenoxy) is 3. The van der Waals surface area contributed by atoms with Gasteiger partial charge in [0.2, 0.25) is 0 Å². The Kier molecular flexibility index (Phi) is 8.27. The molecule has 10 rings (SSSR count). The Morgan fingerprint density at radius 1 is 0.923 bits per heavy atom. The highest BCUT2D eigenvalue weighted by atomic mass is 16.5. The minimum Gasteiger partial charge on any atom is -0.496 e. The third-order valence-electron chi connectivity index (χ3n) is 14.6. The Morgan fingerprint density at radius 3 is 2.48 bits per heavy atom. The van der Waals surface area contributed by atoms with Crippen LogP contribution in [0.3, 0.4) is 0 Å². The molecular formula is C43H54N4O5. The van der Waals surface area contributed by atoms with Crippen LogP contribution in [0.5, 0.6) is 5.75 Å². The number of likely N-dealkylation sites (N-methyl/N-ethyl adjacent to an activating group) is 1. The minimum atomic E-state index is -0.718. The van der Waals surface area contributed by atoms with Crippen LogP contribution in [0.2, 0.25) is 0 Å². The van der Waals surface area contributed by atoms with E-state index in [4.69, 9.17) is 14.2 Å². The number of carbonyl (C=O) groups excluding carboxylic acids is 2. The number of H-pyrrole nitrogens is 2. The highest BCUT2D eigenvalue weighted by Gasteiger charge is 2.63.